The minimum Gasteiger partial charge on any atom is -0.337 e. The number of anilines is 1. The Morgan fingerprint density at radius 1 is 1.44 bits per heavy atom. The van der Waals surface area contributed by atoms with Crippen molar-refractivity contribution in [2.24, 2.45) is 5.92 Å². The molecule has 0 aliphatic carbocycles. The van der Waals surface area contributed by atoms with Crippen molar-refractivity contribution in [3.05, 3.63) is 28.3 Å². The molecule has 1 aliphatic heterocycles. The van der Waals surface area contributed by atoms with Crippen LogP contribution in [0.15, 0.2) is 18.2 Å². The van der Waals surface area contributed by atoms with Gasteiger partial charge < -0.3 is 10.2 Å². The molecule has 1 fully saturated rings. The number of thiazole rings is 1. The van der Waals surface area contributed by atoms with Gasteiger partial charge in [-0.3, -0.25) is 19.7 Å². The summed E-state index contributed by atoms with van der Waals surface area (Å²) in [4.78, 5) is 40.9. The highest BCUT2D eigenvalue weighted by atomic mass is 32.1. The highest BCUT2D eigenvalue weighted by Gasteiger charge is 2.39. The Kier molecular flexibility index (Phi) is 4.19. The van der Waals surface area contributed by atoms with E-state index in [1.54, 1.807) is 11.0 Å². The number of benzene rings is 1. The lowest BCUT2D eigenvalue weighted by Gasteiger charge is -2.31. The van der Waals surface area contributed by atoms with Gasteiger partial charge in [0.25, 0.3) is 5.69 Å². The van der Waals surface area contributed by atoms with E-state index in [1.807, 2.05) is 20.8 Å². The third-order valence-electron chi connectivity index (χ3n) is 4.12. The van der Waals surface area contributed by atoms with Crippen molar-refractivity contribution in [1.82, 2.24) is 9.88 Å². The molecular formula is C16H18N4O4S. The van der Waals surface area contributed by atoms with Gasteiger partial charge in [0.1, 0.15) is 0 Å². The van der Waals surface area contributed by atoms with Crippen molar-refractivity contribution in [2.45, 2.75) is 32.7 Å². The van der Waals surface area contributed by atoms with Crippen molar-refractivity contribution in [3.63, 3.8) is 0 Å². The van der Waals surface area contributed by atoms with Crippen LogP contribution in [0.2, 0.25) is 0 Å². The van der Waals surface area contributed by atoms with Crippen LogP contribution in [0.1, 0.15) is 27.2 Å². The van der Waals surface area contributed by atoms with E-state index in [0.29, 0.717) is 21.9 Å². The van der Waals surface area contributed by atoms with Gasteiger partial charge in [-0.15, -0.1) is 0 Å². The Morgan fingerprint density at radius 2 is 2.16 bits per heavy atom. The zero-order valence-corrected chi connectivity index (χ0v) is 14.9. The van der Waals surface area contributed by atoms with Gasteiger partial charge in [0.2, 0.25) is 11.8 Å². The van der Waals surface area contributed by atoms with Gasteiger partial charge in [-0.25, -0.2) is 4.98 Å². The largest absolute Gasteiger partial charge is 0.337 e. The average molecular weight is 362 g/mol. The average Bonchev–Trinajstić information content (AvgIpc) is 3.08. The van der Waals surface area contributed by atoms with E-state index >= 15 is 0 Å². The van der Waals surface area contributed by atoms with Gasteiger partial charge in [0.05, 0.1) is 21.1 Å². The van der Waals surface area contributed by atoms with Gasteiger partial charge in [0, 0.05) is 30.6 Å². The minimum absolute atomic E-state index is 0.0174. The van der Waals surface area contributed by atoms with E-state index in [-0.39, 0.29) is 29.5 Å². The highest BCUT2D eigenvalue weighted by Crippen LogP contribution is 2.31. The second-order valence-corrected chi connectivity index (χ2v) is 8.02. The normalized spacial score (nSPS) is 18.0. The summed E-state index contributed by atoms with van der Waals surface area (Å²) in [5.41, 5.74) is 0.252. The first-order valence-corrected chi connectivity index (χ1v) is 8.63. The summed E-state index contributed by atoms with van der Waals surface area (Å²) >= 11 is 1.18. The number of hydrogen-bond donors (Lipinski definition) is 1. The topological polar surface area (TPSA) is 105 Å². The molecule has 2 amide bonds. The van der Waals surface area contributed by atoms with E-state index in [9.17, 15) is 19.7 Å². The predicted octanol–water partition coefficient (Wildman–Crippen LogP) is 2.79. The fourth-order valence-corrected chi connectivity index (χ4v) is 3.72. The minimum atomic E-state index is -0.470. The van der Waals surface area contributed by atoms with Crippen LogP contribution in [-0.4, -0.2) is 38.7 Å². The number of nitrogens with one attached hydrogen (secondary N) is 1. The van der Waals surface area contributed by atoms with Crippen molar-refractivity contribution in [2.75, 3.05) is 11.9 Å². The number of nitro groups is 1. The molecule has 0 bridgehead atoms. The second-order valence-electron chi connectivity index (χ2n) is 6.99. The molecule has 1 atom stereocenters. The van der Waals surface area contributed by atoms with Crippen LogP contribution in [0.5, 0.6) is 0 Å². The van der Waals surface area contributed by atoms with Gasteiger partial charge in [-0.1, -0.05) is 11.3 Å². The molecule has 132 valence electrons. The number of nitro benzene ring substituents is 1. The van der Waals surface area contributed by atoms with Gasteiger partial charge >= 0.3 is 0 Å². The Labute approximate surface area is 148 Å². The molecule has 8 nitrogen and oxygen atoms in total. The maximum atomic E-state index is 12.5. The van der Waals surface area contributed by atoms with Crippen molar-refractivity contribution in [1.29, 1.82) is 0 Å². The van der Waals surface area contributed by atoms with Crippen LogP contribution < -0.4 is 5.32 Å². The molecule has 1 aromatic carbocycles. The Balaban J connectivity index is 1.74. The maximum Gasteiger partial charge on any atom is 0.270 e. The number of amides is 2. The monoisotopic (exact) mass is 362 g/mol. The second kappa shape index (κ2) is 6.07. The van der Waals surface area contributed by atoms with Crippen molar-refractivity contribution >= 4 is 44.2 Å². The first kappa shape index (κ1) is 17.3. The lowest BCUT2D eigenvalue weighted by molar-refractivity contribution is -0.384. The Bertz CT molecular complexity index is 871. The third-order valence-corrected chi connectivity index (χ3v) is 5.05. The fourth-order valence-electron chi connectivity index (χ4n) is 2.82. The number of likely N-dealkylation sites (tertiary alicyclic amines) is 1. The standard InChI is InChI=1S/C16H18N4O4S/c1-16(2,3)19-8-9(6-13(19)21)14(22)18-15-17-11-5-4-10(20(23)24)7-12(11)25-15/h4-5,7,9H,6,8H2,1-3H3,(H,17,18,22)/t9-/m1/s1. The van der Waals surface area contributed by atoms with Crippen LogP contribution in [0.4, 0.5) is 10.8 Å². The zero-order valence-electron chi connectivity index (χ0n) is 14.1. The molecule has 1 N–H and O–H groups in total. The van der Waals surface area contributed by atoms with Gasteiger partial charge in [-0.05, 0) is 26.8 Å². The fraction of sp³-hybridized carbons (Fsp3) is 0.438. The van der Waals surface area contributed by atoms with Crippen molar-refractivity contribution in [3.8, 4) is 0 Å². The maximum absolute atomic E-state index is 12.5. The number of carbonyl (C=O) groups excluding carboxylic acids is 2. The van der Waals surface area contributed by atoms with E-state index in [1.165, 1.54) is 23.5 Å². The molecule has 2 aromatic rings. The summed E-state index contributed by atoms with van der Waals surface area (Å²) in [5.74, 6) is -0.714. The number of aromatic nitrogens is 1. The van der Waals surface area contributed by atoms with E-state index in [2.05, 4.69) is 10.3 Å². The van der Waals surface area contributed by atoms with Crippen molar-refractivity contribution < 1.29 is 14.5 Å². The number of non-ortho nitro benzene ring substituents is 1. The molecule has 0 spiro atoms. The summed E-state index contributed by atoms with van der Waals surface area (Å²) in [6.07, 6.45) is 0.180. The summed E-state index contributed by atoms with van der Waals surface area (Å²) in [6, 6.07) is 4.37. The number of carbonyl (C=O) groups is 2. The molecule has 1 aromatic heterocycles. The first-order valence-electron chi connectivity index (χ1n) is 7.81. The Morgan fingerprint density at radius 3 is 2.76 bits per heavy atom. The number of nitrogens with zero attached hydrogens (tertiary/aromatic N) is 3. The smallest absolute Gasteiger partial charge is 0.270 e. The summed E-state index contributed by atoms with van der Waals surface area (Å²) in [6.45, 7) is 6.19. The molecule has 2 heterocycles. The first-order chi connectivity index (χ1) is 11.6. The molecule has 3 rings (SSSR count). The molecule has 0 radical (unpaired) electrons. The predicted molar refractivity (Wildman–Crippen MR) is 94.5 cm³/mol. The number of rotatable bonds is 3. The van der Waals surface area contributed by atoms with E-state index < -0.39 is 10.8 Å². The SMILES string of the molecule is CC(C)(C)N1C[C@H](C(=O)Nc2nc3ccc([N+](=O)[O-])cc3s2)CC1=O. The summed E-state index contributed by atoms with van der Waals surface area (Å²) in [5, 5.41) is 13.9. The third kappa shape index (κ3) is 3.46. The highest BCUT2D eigenvalue weighted by molar-refractivity contribution is 7.22. The molecular weight excluding hydrogens is 344 g/mol. The van der Waals surface area contributed by atoms with Gasteiger partial charge in [0.15, 0.2) is 5.13 Å². The number of hydrogen-bond acceptors (Lipinski definition) is 6. The van der Waals surface area contributed by atoms with Gasteiger partial charge in [-0.2, -0.15) is 0 Å². The summed E-state index contributed by atoms with van der Waals surface area (Å²) in [7, 11) is 0. The van der Waals surface area contributed by atoms with E-state index in [4.69, 9.17) is 0 Å². The molecule has 1 saturated heterocycles. The zero-order chi connectivity index (χ0) is 18.4. The number of fused-ring (bicyclic) bond motifs is 1. The van der Waals surface area contributed by atoms with Crippen LogP contribution >= 0.6 is 11.3 Å². The molecule has 0 unspecified atom stereocenters. The van der Waals surface area contributed by atoms with E-state index in [0.717, 1.165) is 0 Å². The molecule has 9 heteroatoms. The molecule has 0 saturated carbocycles. The van der Waals surface area contributed by atoms with Crippen LogP contribution in [-0.2, 0) is 9.59 Å². The summed E-state index contributed by atoms with van der Waals surface area (Å²) < 4.78 is 0.628. The Hall–Kier alpha value is -2.55. The molecule has 25 heavy (non-hydrogen) atoms. The quantitative estimate of drug-likeness (QED) is 0.667. The lowest BCUT2D eigenvalue weighted by atomic mass is 10.1. The van der Waals surface area contributed by atoms with Crippen LogP contribution in [0, 0.1) is 16.0 Å². The lowest BCUT2D eigenvalue weighted by Crippen LogP contribution is -2.42. The van der Waals surface area contributed by atoms with Crippen LogP contribution in [0.3, 0.4) is 0 Å². The molecule has 1 aliphatic rings. The van der Waals surface area contributed by atoms with Crippen LogP contribution in [0.25, 0.3) is 10.2 Å².